The van der Waals surface area contributed by atoms with Gasteiger partial charge >= 0.3 is 0 Å². The molecule has 20 heavy (non-hydrogen) atoms. The molecule has 0 aliphatic heterocycles. The van der Waals surface area contributed by atoms with Crippen molar-refractivity contribution in [2.75, 3.05) is 11.1 Å². The number of hydrogen-bond acceptors (Lipinski definition) is 3. The first-order valence-electron chi connectivity index (χ1n) is 6.00. The number of hydrogen-bond donors (Lipinski definition) is 2. The summed E-state index contributed by atoms with van der Waals surface area (Å²) >= 11 is 0. The molecule has 1 aromatic heterocycles. The van der Waals surface area contributed by atoms with Crippen LogP contribution in [-0.2, 0) is 0 Å². The molecule has 3 N–H and O–H groups in total. The van der Waals surface area contributed by atoms with Crippen molar-refractivity contribution < 1.29 is 8.78 Å². The minimum absolute atomic E-state index is 0.196. The van der Waals surface area contributed by atoms with Gasteiger partial charge in [-0.15, -0.1) is 0 Å². The minimum Gasteiger partial charge on any atom is -0.397 e. The van der Waals surface area contributed by atoms with Crippen molar-refractivity contribution in [3.63, 3.8) is 0 Å². The summed E-state index contributed by atoms with van der Waals surface area (Å²) in [5, 5.41) is 3.71. The Kier molecular flexibility index (Phi) is 2.95. The highest BCUT2D eigenvalue weighted by Crippen LogP contribution is 2.29. The number of nitrogens with two attached hydrogens (primary N) is 1. The topological polar surface area (TPSA) is 50.9 Å². The van der Waals surface area contributed by atoms with Crippen molar-refractivity contribution in [2.45, 2.75) is 0 Å². The molecule has 3 nitrogen and oxygen atoms in total. The van der Waals surface area contributed by atoms with Crippen molar-refractivity contribution in [1.82, 2.24) is 4.98 Å². The molecule has 0 aliphatic carbocycles. The first-order valence-corrected chi connectivity index (χ1v) is 6.00. The van der Waals surface area contributed by atoms with E-state index in [1.54, 1.807) is 24.4 Å². The summed E-state index contributed by atoms with van der Waals surface area (Å²) in [6, 6.07) is 10.5. The molecule has 3 aromatic rings. The van der Waals surface area contributed by atoms with Crippen LogP contribution in [0.1, 0.15) is 0 Å². The number of nitrogens with one attached hydrogen (secondary N) is 1. The summed E-state index contributed by atoms with van der Waals surface area (Å²) < 4.78 is 26.6. The lowest BCUT2D eigenvalue weighted by atomic mass is 10.1. The van der Waals surface area contributed by atoms with Crippen LogP contribution in [0.3, 0.4) is 0 Å². The molecule has 0 atom stereocenters. The van der Waals surface area contributed by atoms with Crippen LogP contribution in [0.15, 0.2) is 48.7 Å². The maximum atomic E-state index is 13.7. The van der Waals surface area contributed by atoms with Crippen LogP contribution in [0.25, 0.3) is 10.9 Å². The second-order valence-corrected chi connectivity index (χ2v) is 4.35. The third-order valence-corrected chi connectivity index (χ3v) is 3.00. The zero-order chi connectivity index (χ0) is 14.1. The number of nitrogen functional groups attached to an aromatic ring is 1. The maximum absolute atomic E-state index is 13.7. The van der Waals surface area contributed by atoms with E-state index in [4.69, 9.17) is 5.73 Å². The number of fused-ring (bicyclic) bond motifs is 1. The summed E-state index contributed by atoms with van der Waals surface area (Å²) in [6.07, 6.45) is 1.59. The molecule has 0 amide bonds. The predicted molar refractivity (Wildman–Crippen MR) is 75.8 cm³/mol. The number of halogens is 2. The fraction of sp³-hybridized carbons (Fsp3) is 0. The zero-order valence-corrected chi connectivity index (χ0v) is 10.4. The molecule has 1 heterocycles. The van der Waals surface area contributed by atoms with Gasteiger partial charge in [-0.3, -0.25) is 4.98 Å². The standard InChI is InChI=1S/C15H11F2N3/c16-9-4-5-14(11(17)8-9)20-13-6-7-19-15-10(13)2-1-3-12(15)18/h1-8H,18H2,(H,19,20). The largest absolute Gasteiger partial charge is 0.397 e. The average Bonchev–Trinajstić information content (AvgIpc) is 2.43. The van der Waals surface area contributed by atoms with E-state index in [9.17, 15) is 8.78 Å². The number of rotatable bonds is 2. The lowest BCUT2D eigenvalue weighted by molar-refractivity contribution is 0.586. The van der Waals surface area contributed by atoms with E-state index in [0.29, 0.717) is 16.9 Å². The average molecular weight is 271 g/mol. The van der Waals surface area contributed by atoms with Gasteiger partial charge in [0.05, 0.1) is 16.9 Å². The molecule has 100 valence electrons. The van der Waals surface area contributed by atoms with Gasteiger partial charge in [-0.1, -0.05) is 12.1 Å². The molecule has 0 bridgehead atoms. The van der Waals surface area contributed by atoms with Crippen LogP contribution in [0.4, 0.5) is 25.8 Å². The first kappa shape index (κ1) is 12.3. The van der Waals surface area contributed by atoms with E-state index in [2.05, 4.69) is 10.3 Å². The quantitative estimate of drug-likeness (QED) is 0.696. The summed E-state index contributed by atoms with van der Waals surface area (Å²) in [6.45, 7) is 0. The number of benzene rings is 2. The molecular weight excluding hydrogens is 260 g/mol. The van der Waals surface area contributed by atoms with Gasteiger partial charge in [-0.25, -0.2) is 8.78 Å². The molecule has 0 spiro atoms. The smallest absolute Gasteiger partial charge is 0.149 e. The molecule has 0 saturated carbocycles. The van der Waals surface area contributed by atoms with Gasteiger partial charge in [0.2, 0.25) is 0 Å². The van der Waals surface area contributed by atoms with E-state index in [1.807, 2.05) is 6.07 Å². The number of para-hydroxylation sites is 1. The van der Waals surface area contributed by atoms with Crippen LogP contribution in [0.2, 0.25) is 0 Å². The molecule has 0 fully saturated rings. The monoisotopic (exact) mass is 271 g/mol. The minimum atomic E-state index is -0.654. The predicted octanol–water partition coefficient (Wildman–Crippen LogP) is 3.84. The van der Waals surface area contributed by atoms with E-state index in [-0.39, 0.29) is 5.69 Å². The van der Waals surface area contributed by atoms with Crippen LogP contribution >= 0.6 is 0 Å². The summed E-state index contributed by atoms with van der Waals surface area (Å²) in [4.78, 5) is 4.20. The fourth-order valence-electron chi connectivity index (χ4n) is 2.04. The van der Waals surface area contributed by atoms with Crippen molar-refractivity contribution in [3.05, 3.63) is 60.3 Å². The normalized spacial score (nSPS) is 10.7. The van der Waals surface area contributed by atoms with Gasteiger partial charge in [-0.2, -0.15) is 0 Å². The SMILES string of the molecule is Nc1cccc2c(Nc3ccc(F)cc3F)ccnc12. The number of aromatic nitrogens is 1. The summed E-state index contributed by atoms with van der Waals surface area (Å²) in [5.41, 5.74) is 7.90. The number of nitrogens with zero attached hydrogens (tertiary/aromatic N) is 1. The number of pyridine rings is 1. The van der Waals surface area contributed by atoms with Gasteiger partial charge in [0.25, 0.3) is 0 Å². The van der Waals surface area contributed by atoms with Crippen molar-refractivity contribution >= 4 is 28.0 Å². The molecular formula is C15H11F2N3. The van der Waals surface area contributed by atoms with Gasteiger partial charge in [-0.05, 0) is 24.3 Å². The first-order chi connectivity index (χ1) is 9.65. The van der Waals surface area contributed by atoms with E-state index in [1.165, 1.54) is 12.1 Å². The Bertz CT molecular complexity index is 787. The highest BCUT2D eigenvalue weighted by molar-refractivity contribution is 5.98. The van der Waals surface area contributed by atoms with Crippen LogP contribution in [0, 0.1) is 11.6 Å². The Morgan fingerprint density at radius 3 is 2.65 bits per heavy atom. The van der Waals surface area contributed by atoms with Gasteiger partial charge < -0.3 is 11.1 Å². The highest BCUT2D eigenvalue weighted by Gasteiger charge is 2.08. The molecule has 0 radical (unpaired) electrons. The Labute approximate surface area is 114 Å². The molecule has 0 unspecified atom stereocenters. The molecule has 5 heteroatoms. The van der Waals surface area contributed by atoms with Gasteiger partial charge in [0.1, 0.15) is 11.6 Å². The Balaban J connectivity index is 2.09. The summed E-state index contributed by atoms with van der Waals surface area (Å²) in [5.74, 6) is -1.27. The van der Waals surface area contributed by atoms with E-state index in [0.717, 1.165) is 11.5 Å². The molecule has 2 aromatic carbocycles. The van der Waals surface area contributed by atoms with Crippen molar-refractivity contribution in [3.8, 4) is 0 Å². The van der Waals surface area contributed by atoms with Gasteiger partial charge in [0.15, 0.2) is 0 Å². The van der Waals surface area contributed by atoms with Crippen LogP contribution in [0.5, 0.6) is 0 Å². The zero-order valence-electron chi connectivity index (χ0n) is 10.4. The lowest BCUT2D eigenvalue weighted by Crippen LogP contribution is -1.97. The molecule has 0 aliphatic rings. The third kappa shape index (κ3) is 2.14. The highest BCUT2D eigenvalue weighted by atomic mass is 19.1. The Hall–Kier alpha value is -2.69. The lowest BCUT2D eigenvalue weighted by Gasteiger charge is -2.11. The Morgan fingerprint density at radius 1 is 1.00 bits per heavy atom. The second kappa shape index (κ2) is 4.77. The van der Waals surface area contributed by atoms with Crippen molar-refractivity contribution in [1.29, 1.82) is 0 Å². The summed E-state index contributed by atoms with van der Waals surface area (Å²) in [7, 11) is 0. The molecule has 3 rings (SSSR count). The number of anilines is 3. The Morgan fingerprint density at radius 2 is 1.85 bits per heavy atom. The van der Waals surface area contributed by atoms with Crippen LogP contribution < -0.4 is 11.1 Å². The third-order valence-electron chi connectivity index (χ3n) is 3.00. The van der Waals surface area contributed by atoms with Crippen molar-refractivity contribution in [2.24, 2.45) is 0 Å². The van der Waals surface area contributed by atoms with E-state index < -0.39 is 11.6 Å². The fourth-order valence-corrected chi connectivity index (χ4v) is 2.04. The van der Waals surface area contributed by atoms with E-state index >= 15 is 0 Å². The maximum Gasteiger partial charge on any atom is 0.149 e. The van der Waals surface area contributed by atoms with Crippen LogP contribution in [-0.4, -0.2) is 4.98 Å². The van der Waals surface area contributed by atoms with Gasteiger partial charge in [0, 0.05) is 23.3 Å². The molecule has 0 saturated heterocycles. The second-order valence-electron chi connectivity index (χ2n) is 4.35.